The highest BCUT2D eigenvalue weighted by Gasteiger charge is 2.09. The number of hydrogen-bond donors (Lipinski definition) is 1. The van der Waals surface area contributed by atoms with Gasteiger partial charge in [0.1, 0.15) is 28.7 Å². The zero-order valence-corrected chi connectivity index (χ0v) is 7.99. The molecule has 0 saturated heterocycles. The first kappa shape index (κ1) is 10.6. The van der Waals surface area contributed by atoms with Gasteiger partial charge in [0, 0.05) is 12.3 Å². The molecule has 0 aliphatic rings. The molecule has 6 heteroatoms. The van der Waals surface area contributed by atoms with Gasteiger partial charge in [0.05, 0.1) is 11.3 Å². The number of halogens is 2. The zero-order valence-electron chi connectivity index (χ0n) is 7.17. The molecular formula is C8H6F2N2OS. The maximum absolute atomic E-state index is 13.1. The first-order chi connectivity index (χ1) is 6.54. The Bertz CT molecular complexity index is 428. The highest BCUT2D eigenvalue weighted by Crippen LogP contribution is 2.18. The van der Waals surface area contributed by atoms with Crippen LogP contribution in [0, 0.1) is 23.0 Å². The van der Waals surface area contributed by atoms with Gasteiger partial charge in [0.25, 0.3) is 0 Å². The molecule has 0 radical (unpaired) electrons. The molecule has 0 spiro atoms. The van der Waals surface area contributed by atoms with Crippen molar-refractivity contribution in [3.8, 4) is 6.07 Å². The summed E-state index contributed by atoms with van der Waals surface area (Å²) in [6, 6.07) is 3.05. The van der Waals surface area contributed by atoms with Gasteiger partial charge in [0.15, 0.2) is 0 Å². The van der Waals surface area contributed by atoms with Crippen molar-refractivity contribution < 1.29 is 13.0 Å². The molecule has 1 aromatic carbocycles. The second kappa shape index (κ2) is 4.15. The van der Waals surface area contributed by atoms with E-state index in [1.54, 1.807) is 0 Å². The lowest BCUT2D eigenvalue weighted by Gasteiger charge is -2.04. The Morgan fingerprint density at radius 1 is 1.43 bits per heavy atom. The maximum atomic E-state index is 13.1. The first-order valence-corrected chi connectivity index (χ1v) is 5.09. The summed E-state index contributed by atoms with van der Waals surface area (Å²) in [4.78, 5) is 0. The van der Waals surface area contributed by atoms with Crippen molar-refractivity contribution in [1.82, 2.24) is 0 Å². The minimum absolute atomic E-state index is 0.220. The molecule has 0 saturated carbocycles. The summed E-state index contributed by atoms with van der Waals surface area (Å²) in [6.45, 7) is 0. The Morgan fingerprint density at radius 3 is 2.57 bits per heavy atom. The van der Waals surface area contributed by atoms with Crippen LogP contribution in [-0.4, -0.2) is 10.5 Å². The SMILES string of the molecule is CS(=O)Nc1cc(F)c(C#N)cc1F. The summed E-state index contributed by atoms with van der Waals surface area (Å²) >= 11 is 0. The minimum atomic E-state index is -1.48. The van der Waals surface area contributed by atoms with Gasteiger partial charge in [-0.1, -0.05) is 0 Å². The van der Waals surface area contributed by atoms with Gasteiger partial charge in [-0.05, 0) is 6.07 Å². The third-order valence-electron chi connectivity index (χ3n) is 1.43. The lowest BCUT2D eigenvalue weighted by Crippen LogP contribution is -2.04. The van der Waals surface area contributed by atoms with E-state index in [9.17, 15) is 13.0 Å². The molecule has 14 heavy (non-hydrogen) atoms. The highest BCUT2D eigenvalue weighted by molar-refractivity contribution is 7.85. The fourth-order valence-electron chi connectivity index (χ4n) is 0.866. The second-order valence-corrected chi connectivity index (χ2v) is 3.59. The van der Waals surface area contributed by atoms with Gasteiger partial charge in [-0.2, -0.15) is 5.26 Å². The molecule has 0 aromatic heterocycles. The normalized spacial score (nSPS) is 11.9. The summed E-state index contributed by atoms with van der Waals surface area (Å²) in [6.07, 6.45) is 1.29. The number of anilines is 1. The molecule has 1 aromatic rings. The van der Waals surface area contributed by atoms with Crippen molar-refractivity contribution >= 4 is 16.7 Å². The number of hydrogen-bond acceptors (Lipinski definition) is 2. The smallest absolute Gasteiger partial charge is 0.148 e. The molecule has 0 amide bonds. The van der Waals surface area contributed by atoms with Crippen LogP contribution in [0.4, 0.5) is 14.5 Å². The van der Waals surface area contributed by atoms with Crippen LogP contribution >= 0.6 is 0 Å². The van der Waals surface area contributed by atoms with Crippen molar-refractivity contribution in [1.29, 1.82) is 5.26 Å². The van der Waals surface area contributed by atoms with E-state index in [1.807, 2.05) is 0 Å². The molecule has 0 aliphatic carbocycles. The molecule has 0 fully saturated rings. The average Bonchev–Trinajstić information content (AvgIpc) is 2.10. The van der Waals surface area contributed by atoms with Gasteiger partial charge in [0.2, 0.25) is 0 Å². The van der Waals surface area contributed by atoms with Crippen LogP contribution in [-0.2, 0) is 11.0 Å². The lowest BCUT2D eigenvalue weighted by atomic mass is 10.2. The van der Waals surface area contributed by atoms with Crippen molar-refractivity contribution in [2.75, 3.05) is 11.0 Å². The minimum Gasteiger partial charge on any atom is -0.302 e. The number of rotatable bonds is 2. The van der Waals surface area contributed by atoms with Crippen molar-refractivity contribution in [2.45, 2.75) is 0 Å². The van der Waals surface area contributed by atoms with Crippen LogP contribution in [0.5, 0.6) is 0 Å². The molecule has 1 atom stereocenters. The largest absolute Gasteiger partial charge is 0.302 e. The van der Waals surface area contributed by atoms with Crippen molar-refractivity contribution in [3.63, 3.8) is 0 Å². The van der Waals surface area contributed by atoms with E-state index < -0.39 is 22.6 Å². The van der Waals surface area contributed by atoms with Gasteiger partial charge >= 0.3 is 0 Å². The van der Waals surface area contributed by atoms with E-state index in [0.29, 0.717) is 0 Å². The topological polar surface area (TPSA) is 52.9 Å². The molecule has 74 valence electrons. The summed E-state index contributed by atoms with van der Waals surface area (Å²) in [7, 11) is -1.48. The standard InChI is InChI=1S/C8H6F2N2OS/c1-14(13)12-8-3-6(9)5(4-11)2-7(8)10/h2-3,12H,1H3. The number of nitriles is 1. The Balaban J connectivity index is 3.16. The van der Waals surface area contributed by atoms with Crippen LogP contribution in [0.15, 0.2) is 12.1 Å². The van der Waals surface area contributed by atoms with E-state index in [2.05, 4.69) is 4.72 Å². The quantitative estimate of drug-likeness (QED) is 0.815. The Kier molecular flexibility index (Phi) is 3.14. The average molecular weight is 216 g/mol. The molecule has 3 nitrogen and oxygen atoms in total. The molecule has 0 aliphatic heterocycles. The summed E-state index contributed by atoms with van der Waals surface area (Å²) in [5, 5.41) is 8.38. The molecule has 0 bridgehead atoms. The van der Waals surface area contributed by atoms with E-state index in [4.69, 9.17) is 5.26 Å². The number of nitrogens with one attached hydrogen (secondary N) is 1. The lowest BCUT2D eigenvalue weighted by molar-refractivity contribution is 0.600. The second-order valence-electron chi connectivity index (χ2n) is 2.48. The summed E-state index contributed by atoms with van der Waals surface area (Å²) in [5.41, 5.74) is -0.600. The third kappa shape index (κ3) is 2.26. The van der Waals surface area contributed by atoms with E-state index >= 15 is 0 Å². The Morgan fingerprint density at radius 2 is 2.07 bits per heavy atom. The predicted molar refractivity (Wildman–Crippen MR) is 48.8 cm³/mol. The zero-order chi connectivity index (χ0) is 10.7. The Labute approximate surface area is 81.9 Å². The van der Waals surface area contributed by atoms with Gasteiger partial charge in [-0.3, -0.25) is 0 Å². The highest BCUT2D eigenvalue weighted by atomic mass is 32.2. The van der Waals surface area contributed by atoms with Crippen LogP contribution in [0.3, 0.4) is 0 Å². The summed E-state index contributed by atoms with van der Waals surface area (Å²) < 4.78 is 38.9. The van der Waals surface area contributed by atoms with E-state index in [1.165, 1.54) is 12.3 Å². The first-order valence-electron chi connectivity index (χ1n) is 3.54. The fourth-order valence-corrected chi connectivity index (χ4v) is 1.33. The third-order valence-corrected chi connectivity index (χ3v) is 1.94. The molecule has 1 N–H and O–H groups in total. The fraction of sp³-hybridized carbons (Fsp3) is 0.125. The number of benzene rings is 1. The van der Waals surface area contributed by atoms with Gasteiger partial charge < -0.3 is 4.72 Å². The van der Waals surface area contributed by atoms with E-state index in [-0.39, 0.29) is 11.3 Å². The van der Waals surface area contributed by atoms with Gasteiger partial charge in [-0.25, -0.2) is 13.0 Å². The van der Waals surface area contributed by atoms with Crippen LogP contribution in [0.2, 0.25) is 0 Å². The van der Waals surface area contributed by atoms with E-state index in [0.717, 1.165) is 12.1 Å². The molecule has 1 rings (SSSR count). The van der Waals surface area contributed by atoms with Crippen LogP contribution in [0.25, 0.3) is 0 Å². The van der Waals surface area contributed by atoms with Crippen molar-refractivity contribution in [3.05, 3.63) is 29.3 Å². The number of nitrogens with zero attached hydrogens (tertiary/aromatic N) is 1. The van der Waals surface area contributed by atoms with Crippen molar-refractivity contribution in [2.24, 2.45) is 0 Å². The Hall–Kier alpha value is -1.48. The predicted octanol–water partition coefficient (Wildman–Crippen LogP) is 1.54. The van der Waals surface area contributed by atoms with Gasteiger partial charge in [-0.15, -0.1) is 0 Å². The molecular weight excluding hydrogens is 210 g/mol. The molecule has 0 heterocycles. The monoisotopic (exact) mass is 216 g/mol. The van der Waals surface area contributed by atoms with Crippen LogP contribution < -0.4 is 4.72 Å². The maximum Gasteiger partial charge on any atom is 0.148 e. The summed E-state index contributed by atoms with van der Waals surface area (Å²) in [5.74, 6) is -1.65. The molecule has 1 unspecified atom stereocenters. The van der Waals surface area contributed by atoms with Crippen LogP contribution in [0.1, 0.15) is 5.56 Å².